The van der Waals surface area contributed by atoms with E-state index in [0.29, 0.717) is 40.9 Å². The number of hydrogen-bond donors (Lipinski definition) is 1. The van der Waals surface area contributed by atoms with E-state index in [-0.39, 0.29) is 22.6 Å². The fraction of sp³-hybridized carbons (Fsp3) is 0.161. The average Bonchev–Trinajstić information content (AvgIpc) is 3.55. The molecule has 0 saturated heterocycles. The first kappa shape index (κ1) is 25.8. The molecule has 1 aliphatic heterocycles. The maximum absolute atomic E-state index is 13.9. The Bertz CT molecular complexity index is 2090. The Morgan fingerprint density at radius 1 is 0.976 bits per heavy atom. The topological polar surface area (TPSA) is 88.8 Å². The molecular formula is C31H23F3N6O2. The lowest BCUT2D eigenvalue weighted by Crippen LogP contribution is -2.36. The van der Waals surface area contributed by atoms with E-state index >= 15 is 0 Å². The number of amides is 1. The van der Waals surface area contributed by atoms with Crippen LogP contribution in [0.3, 0.4) is 0 Å². The summed E-state index contributed by atoms with van der Waals surface area (Å²) in [7, 11) is 1.67. The molecule has 4 heterocycles. The molecule has 0 aliphatic carbocycles. The third-order valence-corrected chi connectivity index (χ3v) is 7.75. The molecule has 3 aromatic carbocycles. The van der Waals surface area contributed by atoms with E-state index in [2.05, 4.69) is 21.2 Å². The van der Waals surface area contributed by atoms with Crippen LogP contribution in [-0.4, -0.2) is 41.9 Å². The number of carbonyl (C=O) groups excluding carboxylic acids is 1. The van der Waals surface area contributed by atoms with Crippen molar-refractivity contribution in [3.8, 4) is 16.9 Å². The summed E-state index contributed by atoms with van der Waals surface area (Å²) in [6.07, 6.45) is -2.25. The number of nitrogens with zero attached hydrogens (tertiary/aromatic N) is 5. The van der Waals surface area contributed by atoms with E-state index in [0.717, 1.165) is 24.1 Å². The van der Waals surface area contributed by atoms with E-state index in [1.54, 1.807) is 42.4 Å². The van der Waals surface area contributed by atoms with E-state index in [9.17, 15) is 22.8 Å². The molecule has 0 saturated carbocycles. The zero-order valence-electron chi connectivity index (χ0n) is 22.3. The van der Waals surface area contributed by atoms with Crippen LogP contribution in [0.15, 0.2) is 83.8 Å². The predicted molar refractivity (Wildman–Crippen MR) is 151 cm³/mol. The number of halogens is 3. The van der Waals surface area contributed by atoms with Gasteiger partial charge >= 0.3 is 6.18 Å². The SMILES string of the molecule is Cn1ncc2c3[nH]n(-c4cccc(C(=O)N5CCc6ccccc6C5)c4)c(=O)c3c(-c3cccc(C(F)(F)F)c3)nc21. The molecule has 0 atom stereocenters. The van der Waals surface area contributed by atoms with E-state index in [4.69, 9.17) is 0 Å². The van der Waals surface area contributed by atoms with Gasteiger partial charge in [0.1, 0.15) is 0 Å². The number of aromatic amines is 1. The highest BCUT2D eigenvalue weighted by Gasteiger charge is 2.31. The lowest BCUT2D eigenvalue weighted by Gasteiger charge is -2.29. The van der Waals surface area contributed by atoms with Crippen molar-refractivity contribution in [1.29, 1.82) is 0 Å². The second-order valence-electron chi connectivity index (χ2n) is 10.3. The number of rotatable bonds is 3. The molecule has 8 nitrogen and oxygen atoms in total. The van der Waals surface area contributed by atoms with Gasteiger partial charge in [0, 0.05) is 31.3 Å². The maximum atomic E-state index is 13.9. The van der Waals surface area contributed by atoms with E-state index in [1.165, 1.54) is 27.1 Å². The Balaban J connectivity index is 1.35. The number of nitrogens with one attached hydrogen (secondary N) is 1. The van der Waals surface area contributed by atoms with Crippen LogP contribution in [0.5, 0.6) is 0 Å². The number of benzene rings is 3. The molecule has 11 heteroatoms. The van der Waals surface area contributed by atoms with Gasteiger partial charge in [0.25, 0.3) is 11.5 Å². The summed E-state index contributed by atoms with van der Waals surface area (Å²) in [5.41, 5.74) is 2.85. The van der Waals surface area contributed by atoms with Crippen LogP contribution < -0.4 is 5.56 Å². The normalized spacial score (nSPS) is 13.6. The third-order valence-electron chi connectivity index (χ3n) is 7.75. The molecule has 0 unspecified atom stereocenters. The number of aryl methyl sites for hydroxylation is 1. The highest BCUT2D eigenvalue weighted by atomic mass is 19.4. The zero-order valence-corrected chi connectivity index (χ0v) is 22.3. The summed E-state index contributed by atoms with van der Waals surface area (Å²) in [6, 6.07) is 19.5. The number of carbonyl (C=O) groups is 1. The summed E-state index contributed by atoms with van der Waals surface area (Å²) < 4.78 is 43.4. The van der Waals surface area contributed by atoms with Gasteiger partial charge in [0.05, 0.1) is 39.4 Å². The highest BCUT2D eigenvalue weighted by molar-refractivity contribution is 6.07. The quantitative estimate of drug-likeness (QED) is 0.306. The Hall–Kier alpha value is -5.19. The molecule has 42 heavy (non-hydrogen) atoms. The first-order valence-corrected chi connectivity index (χ1v) is 13.3. The van der Waals surface area contributed by atoms with Gasteiger partial charge in [-0.05, 0) is 47.9 Å². The number of alkyl halides is 3. The molecule has 0 radical (unpaired) electrons. The Kier molecular flexibility index (Phi) is 5.79. The molecule has 6 aromatic rings. The van der Waals surface area contributed by atoms with Crippen LogP contribution in [0.25, 0.3) is 38.9 Å². The second-order valence-corrected chi connectivity index (χ2v) is 10.3. The van der Waals surface area contributed by atoms with Crippen molar-refractivity contribution in [2.24, 2.45) is 7.05 Å². The molecule has 1 N–H and O–H groups in total. The van der Waals surface area contributed by atoms with Crippen molar-refractivity contribution in [1.82, 2.24) is 29.4 Å². The molecule has 0 spiro atoms. The summed E-state index contributed by atoms with van der Waals surface area (Å²) in [4.78, 5) is 33.8. The fourth-order valence-corrected chi connectivity index (χ4v) is 5.62. The van der Waals surface area contributed by atoms with Crippen molar-refractivity contribution in [3.63, 3.8) is 0 Å². The summed E-state index contributed by atoms with van der Waals surface area (Å²) in [5.74, 6) is -0.156. The molecule has 1 aliphatic rings. The van der Waals surface area contributed by atoms with Crippen molar-refractivity contribution in [2.75, 3.05) is 6.54 Å². The standard InChI is InChI=1S/C31H23F3N6O2/c1-38-28-24(16-35-38)27-25(26(36-28)19-8-4-10-22(14-19)31(32,33)34)30(42)40(37-27)23-11-5-9-20(15-23)29(41)39-13-12-18-6-2-3-7-21(18)17-39/h2-11,14-16,37H,12-13,17H2,1H3. The molecule has 0 fully saturated rings. The van der Waals surface area contributed by atoms with Gasteiger partial charge in [-0.15, -0.1) is 0 Å². The minimum atomic E-state index is -4.56. The zero-order chi connectivity index (χ0) is 29.2. The predicted octanol–water partition coefficient (Wildman–Crippen LogP) is 5.48. The van der Waals surface area contributed by atoms with Crippen LogP contribution in [0, 0.1) is 0 Å². The summed E-state index contributed by atoms with van der Waals surface area (Å²) in [6.45, 7) is 1.08. The van der Waals surface area contributed by atoms with Crippen LogP contribution in [0.2, 0.25) is 0 Å². The van der Waals surface area contributed by atoms with Gasteiger partial charge in [-0.2, -0.15) is 18.3 Å². The van der Waals surface area contributed by atoms with Crippen molar-refractivity contribution in [2.45, 2.75) is 19.1 Å². The van der Waals surface area contributed by atoms with Crippen molar-refractivity contribution >= 4 is 27.8 Å². The van der Waals surface area contributed by atoms with Gasteiger partial charge in [0.2, 0.25) is 0 Å². The number of aromatic nitrogens is 5. The van der Waals surface area contributed by atoms with Crippen molar-refractivity contribution in [3.05, 3.63) is 112 Å². The number of H-pyrrole nitrogens is 1. The summed E-state index contributed by atoms with van der Waals surface area (Å²) in [5, 5.41) is 8.03. The van der Waals surface area contributed by atoms with Gasteiger partial charge in [-0.1, -0.05) is 42.5 Å². The van der Waals surface area contributed by atoms with Crippen LogP contribution >= 0.6 is 0 Å². The maximum Gasteiger partial charge on any atom is 0.416 e. The van der Waals surface area contributed by atoms with Crippen LogP contribution in [0.1, 0.15) is 27.0 Å². The molecular weight excluding hydrogens is 545 g/mol. The Labute approximate surface area is 236 Å². The first-order chi connectivity index (χ1) is 20.2. The first-order valence-electron chi connectivity index (χ1n) is 13.3. The number of fused-ring (bicyclic) bond motifs is 4. The monoisotopic (exact) mass is 568 g/mol. The van der Waals surface area contributed by atoms with Gasteiger partial charge in [-0.3, -0.25) is 19.4 Å². The van der Waals surface area contributed by atoms with Gasteiger partial charge in [0.15, 0.2) is 5.65 Å². The molecule has 7 rings (SSSR count). The van der Waals surface area contributed by atoms with Crippen molar-refractivity contribution < 1.29 is 18.0 Å². The highest BCUT2D eigenvalue weighted by Crippen LogP contribution is 2.35. The number of pyridine rings is 1. The lowest BCUT2D eigenvalue weighted by atomic mass is 9.99. The lowest BCUT2D eigenvalue weighted by molar-refractivity contribution is -0.137. The minimum absolute atomic E-state index is 0.103. The fourth-order valence-electron chi connectivity index (χ4n) is 5.62. The third kappa shape index (κ3) is 4.16. The van der Waals surface area contributed by atoms with Gasteiger partial charge < -0.3 is 4.90 Å². The van der Waals surface area contributed by atoms with E-state index < -0.39 is 17.3 Å². The molecule has 210 valence electrons. The number of hydrogen-bond acceptors (Lipinski definition) is 4. The summed E-state index contributed by atoms with van der Waals surface area (Å²) >= 11 is 0. The Morgan fingerprint density at radius 2 is 1.76 bits per heavy atom. The Morgan fingerprint density at radius 3 is 2.57 bits per heavy atom. The van der Waals surface area contributed by atoms with Gasteiger partial charge in [-0.25, -0.2) is 9.67 Å². The second kappa shape index (κ2) is 9.44. The smallest absolute Gasteiger partial charge is 0.334 e. The molecule has 1 amide bonds. The molecule has 0 bridgehead atoms. The average molecular weight is 569 g/mol. The largest absolute Gasteiger partial charge is 0.416 e. The molecule has 3 aromatic heterocycles. The van der Waals surface area contributed by atoms with Crippen LogP contribution in [0.4, 0.5) is 13.2 Å². The minimum Gasteiger partial charge on any atom is -0.334 e. The van der Waals surface area contributed by atoms with E-state index in [1.807, 2.05) is 18.2 Å². The van der Waals surface area contributed by atoms with Crippen LogP contribution in [-0.2, 0) is 26.2 Å².